The fraction of sp³-hybridized carbons (Fsp3) is 0.357. The summed E-state index contributed by atoms with van der Waals surface area (Å²) >= 11 is 0. The van der Waals surface area contributed by atoms with Gasteiger partial charge < -0.3 is 10.6 Å². The van der Waals surface area contributed by atoms with E-state index in [1.54, 1.807) is 4.68 Å². The number of benzene rings is 1. The summed E-state index contributed by atoms with van der Waals surface area (Å²) in [5.41, 5.74) is 2.54. The normalized spacial score (nSPS) is 10.0. The number of aromatic nitrogens is 3. The zero-order valence-electron chi connectivity index (χ0n) is 12.2. The highest BCUT2D eigenvalue weighted by atomic mass is 35.5. The topological polar surface area (TPSA) is 71.8 Å². The molecule has 0 fully saturated rings. The van der Waals surface area contributed by atoms with Crippen LogP contribution in [0.15, 0.2) is 30.3 Å². The van der Waals surface area contributed by atoms with Crippen LogP contribution >= 0.6 is 12.4 Å². The molecule has 2 aromatic rings. The highest BCUT2D eigenvalue weighted by Crippen LogP contribution is 2.11. The van der Waals surface area contributed by atoms with Crippen LogP contribution in [0.1, 0.15) is 11.4 Å². The zero-order chi connectivity index (χ0) is 14.4. The van der Waals surface area contributed by atoms with Gasteiger partial charge in [0.2, 0.25) is 5.91 Å². The summed E-state index contributed by atoms with van der Waals surface area (Å²) in [7, 11) is 1.85. The summed E-state index contributed by atoms with van der Waals surface area (Å²) in [5.74, 6) is -0.0385. The lowest BCUT2D eigenvalue weighted by molar-refractivity contribution is -0.120. The van der Waals surface area contributed by atoms with E-state index in [-0.39, 0.29) is 24.7 Å². The van der Waals surface area contributed by atoms with E-state index in [0.717, 1.165) is 17.9 Å². The predicted molar refractivity (Wildman–Crippen MR) is 84.0 cm³/mol. The molecule has 0 aliphatic rings. The number of nitrogens with one attached hydrogen (secondary N) is 2. The highest BCUT2D eigenvalue weighted by Gasteiger charge is 2.13. The Morgan fingerprint density at radius 1 is 1.24 bits per heavy atom. The molecular weight excluding hydrogens is 290 g/mol. The standard InChI is InChI=1S/C14H19N5O.ClH/c1-11-13(10-14(20)16-9-8-15-2)17-18-19(11)12-6-4-3-5-7-12;/h3-7,15H,8-10H2,1-2H3,(H,16,20);1H. The molecule has 7 heteroatoms. The SMILES string of the molecule is CNCCNC(=O)Cc1nnn(-c2ccccc2)c1C.Cl. The number of nitrogens with zero attached hydrogens (tertiary/aromatic N) is 3. The second kappa shape index (κ2) is 8.39. The van der Waals surface area contributed by atoms with Crippen LogP contribution in [0.25, 0.3) is 5.69 Å². The van der Waals surface area contributed by atoms with Crippen LogP contribution in [0.5, 0.6) is 0 Å². The fourth-order valence-electron chi connectivity index (χ4n) is 1.88. The van der Waals surface area contributed by atoms with Crippen molar-refractivity contribution in [1.82, 2.24) is 25.6 Å². The second-order valence-electron chi connectivity index (χ2n) is 4.50. The number of rotatable bonds is 6. The van der Waals surface area contributed by atoms with E-state index in [4.69, 9.17) is 0 Å². The molecular formula is C14H20ClN5O. The van der Waals surface area contributed by atoms with Crippen LogP contribution < -0.4 is 10.6 Å². The Hall–Kier alpha value is -1.92. The largest absolute Gasteiger partial charge is 0.354 e. The molecule has 1 aromatic heterocycles. The molecule has 0 spiro atoms. The van der Waals surface area contributed by atoms with Gasteiger partial charge in [-0.1, -0.05) is 23.4 Å². The Bertz CT molecular complexity index is 570. The van der Waals surface area contributed by atoms with Crippen LogP contribution in [0, 0.1) is 6.92 Å². The van der Waals surface area contributed by atoms with Crippen molar-refractivity contribution in [2.24, 2.45) is 0 Å². The van der Waals surface area contributed by atoms with Crippen molar-refractivity contribution in [1.29, 1.82) is 0 Å². The van der Waals surface area contributed by atoms with Gasteiger partial charge in [-0.2, -0.15) is 0 Å². The van der Waals surface area contributed by atoms with E-state index in [1.165, 1.54) is 0 Å². The summed E-state index contributed by atoms with van der Waals surface area (Å²) in [6, 6.07) is 9.75. The Balaban J connectivity index is 0.00000220. The molecule has 0 atom stereocenters. The maximum absolute atomic E-state index is 11.8. The van der Waals surface area contributed by atoms with Crippen LogP contribution in [0.4, 0.5) is 0 Å². The fourth-order valence-corrected chi connectivity index (χ4v) is 1.88. The van der Waals surface area contributed by atoms with Crippen molar-refractivity contribution in [3.63, 3.8) is 0 Å². The van der Waals surface area contributed by atoms with Crippen molar-refractivity contribution in [3.05, 3.63) is 41.7 Å². The van der Waals surface area contributed by atoms with Crippen LogP contribution in [0.2, 0.25) is 0 Å². The molecule has 1 aromatic carbocycles. The van der Waals surface area contributed by atoms with Gasteiger partial charge in [0.1, 0.15) is 0 Å². The average Bonchev–Trinajstić information content (AvgIpc) is 2.81. The molecule has 0 aliphatic carbocycles. The summed E-state index contributed by atoms with van der Waals surface area (Å²) < 4.78 is 1.75. The molecule has 6 nitrogen and oxygen atoms in total. The van der Waals surface area contributed by atoms with Crippen molar-refractivity contribution < 1.29 is 4.79 Å². The monoisotopic (exact) mass is 309 g/mol. The number of amides is 1. The molecule has 0 unspecified atom stereocenters. The van der Waals surface area contributed by atoms with Gasteiger partial charge in [-0.3, -0.25) is 4.79 Å². The highest BCUT2D eigenvalue weighted by molar-refractivity contribution is 5.85. The summed E-state index contributed by atoms with van der Waals surface area (Å²) in [6.45, 7) is 3.28. The third-order valence-electron chi connectivity index (χ3n) is 3.02. The van der Waals surface area contributed by atoms with Gasteiger partial charge in [0.25, 0.3) is 0 Å². The number of carbonyl (C=O) groups is 1. The molecule has 1 amide bonds. The van der Waals surface area contributed by atoms with Gasteiger partial charge in [0.15, 0.2) is 0 Å². The van der Waals surface area contributed by atoms with E-state index in [9.17, 15) is 4.79 Å². The molecule has 0 radical (unpaired) electrons. The third-order valence-corrected chi connectivity index (χ3v) is 3.02. The van der Waals surface area contributed by atoms with Gasteiger partial charge in [0, 0.05) is 13.1 Å². The first kappa shape index (κ1) is 17.1. The van der Waals surface area contributed by atoms with Crippen LogP contribution in [0.3, 0.4) is 0 Å². The lowest BCUT2D eigenvalue weighted by Gasteiger charge is -2.04. The lowest BCUT2D eigenvalue weighted by Crippen LogP contribution is -2.31. The van der Waals surface area contributed by atoms with Gasteiger partial charge in [-0.25, -0.2) is 4.68 Å². The van der Waals surface area contributed by atoms with Crippen molar-refractivity contribution >= 4 is 18.3 Å². The molecule has 0 saturated carbocycles. The third kappa shape index (κ3) is 4.54. The van der Waals surface area contributed by atoms with Crippen molar-refractivity contribution in [2.45, 2.75) is 13.3 Å². The number of halogens is 1. The quantitative estimate of drug-likeness (QED) is 0.777. The maximum Gasteiger partial charge on any atom is 0.226 e. The second-order valence-corrected chi connectivity index (χ2v) is 4.50. The van der Waals surface area contributed by atoms with Gasteiger partial charge >= 0.3 is 0 Å². The van der Waals surface area contributed by atoms with Crippen molar-refractivity contribution in [3.8, 4) is 5.69 Å². The molecule has 0 saturated heterocycles. The average molecular weight is 310 g/mol. The Kier molecular flexibility index (Phi) is 6.84. The maximum atomic E-state index is 11.8. The van der Waals surface area contributed by atoms with Gasteiger partial charge in [0.05, 0.1) is 23.5 Å². The van der Waals surface area contributed by atoms with E-state index in [1.807, 2.05) is 44.3 Å². The first-order chi connectivity index (χ1) is 9.72. The zero-order valence-corrected chi connectivity index (χ0v) is 13.0. The van der Waals surface area contributed by atoms with Crippen LogP contribution in [-0.4, -0.2) is 41.0 Å². The summed E-state index contributed by atoms with van der Waals surface area (Å²) in [5, 5.41) is 14.0. The minimum Gasteiger partial charge on any atom is -0.354 e. The first-order valence-electron chi connectivity index (χ1n) is 6.60. The minimum absolute atomic E-state index is 0. The van der Waals surface area contributed by atoms with E-state index in [2.05, 4.69) is 20.9 Å². The molecule has 0 aliphatic heterocycles. The Morgan fingerprint density at radius 3 is 2.62 bits per heavy atom. The number of likely N-dealkylation sites (N-methyl/N-ethyl adjacent to an activating group) is 1. The molecule has 21 heavy (non-hydrogen) atoms. The predicted octanol–water partition coefficient (Wildman–Crippen LogP) is 0.876. The molecule has 2 N–H and O–H groups in total. The number of hydrogen-bond donors (Lipinski definition) is 2. The smallest absolute Gasteiger partial charge is 0.226 e. The molecule has 2 rings (SSSR count). The Labute approximate surface area is 130 Å². The van der Waals surface area contributed by atoms with E-state index < -0.39 is 0 Å². The van der Waals surface area contributed by atoms with Gasteiger partial charge in [-0.05, 0) is 26.1 Å². The lowest BCUT2D eigenvalue weighted by atomic mass is 10.2. The van der Waals surface area contributed by atoms with Gasteiger partial charge in [-0.15, -0.1) is 17.5 Å². The minimum atomic E-state index is -0.0385. The van der Waals surface area contributed by atoms with Crippen molar-refractivity contribution in [2.75, 3.05) is 20.1 Å². The molecule has 114 valence electrons. The summed E-state index contributed by atoms with van der Waals surface area (Å²) in [6.07, 6.45) is 0.252. The Morgan fingerprint density at radius 2 is 1.95 bits per heavy atom. The number of hydrogen-bond acceptors (Lipinski definition) is 4. The number of carbonyl (C=O) groups excluding carboxylic acids is 1. The van der Waals surface area contributed by atoms with Crippen LogP contribution in [-0.2, 0) is 11.2 Å². The molecule has 1 heterocycles. The summed E-state index contributed by atoms with van der Waals surface area (Å²) in [4.78, 5) is 11.8. The molecule has 0 bridgehead atoms. The first-order valence-corrected chi connectivity index (χ1v) is 6.60. The number of para-hydroxylation sites is 1. The van der Waals surface area contributed by atoms with E-state index in [0.29, 0.717) is 12.2 Å². The van der Waals surface area contributed by atoms with E-state index >= 15 is 0 Å².